The predicted molar refractivity (Wildman–Crippen MR) is 213 cm³/mol. The van der Waals surface area contributed by atoms with Crippen LogP contribution in [0.15, 0.2) is 36.4 Å². The number of benzene rings is 2. The van der Waals surface area contributed by atoms with Gasteiger partial charge in [0.25, 0.3) is 0 Å². The van der Waals surface area contributed by atoms with Gasteiger partial charge in [0.2, 0.25) is 20.0 Å². The Morgan fingerprint density at radius 1 is 0.719 bits per heavy atom. The van der Waals surface area contributed by atoms with Gasteiger partial charge < -0.3 is 24.8 Å². The average molecular weight is 835 g/mol. The molecule has 0 aliphatic carbocycles. The van der Waals surface area contributed by atoms with Crippen molar-refractivity contribution in [3.05, 3.63) is 58.7 Å². The van der Waals surface area contributed by atoms with Gasteiger partial charge in [-0.1, -0.05) is 12.1 Å². The van der Waals surface area contributed by atoms with Crippen molar-refractivity contribution in [2.75, 3.05) is 66.0 Å². The van der Waals surface area contributed by atoms with Crippen LogP contribution in [0.4, 0.5) is 0 Å². The molecule has 4 fully saturated rings. The number of methoxy groups -OCH3 is 2. The van der Waals surface area contributed by atoms with Crippen LogP contribution in [-0.4, -0.2) is 147 Å². The summed E-state index contributed by atoms with van der Waals surface area (Å²) >= 11 is 0. The number of nitrogens with zero attached hydrogens (tertiary/aromatic N) is 4. The molecule has 8 rings (SSSR count). The van der Waals surface area contributed by atoms with Gasteiger partial charge in [-0.2, -0.15) is 8.61 Å². The number of aliphatic hydroxyl groups excluding tert-OH is 1. The zero-order valence-electron chi connectivity index (χ0n) is 33.3. The molecule has 4 saturated heterocycles. The molecule has 0 aromatic heterocycles. The predicted octanol–water partition coefficient (Wildman–Crippen LogP) is 2.98. The molecule has 0 bridgehead atoms. The molecule has 0 saturated carbocycles. The van der Waals surface area contributed by atoms with Crippen LogP contribution in [-0.2, 0) is 42.5 Å². The second-order valence-corrected chi connectivity index (χ2v) is 20.1. The number of fused-ring (bicyclic) bond motifs is 8. The molecule has 6 aliphatic heterocycles. The van der Waals surface area contributed by atoms with Crippen LogP contribution in [0.1, 0.15) is 79.3 Å². The van der Waals surface area contributed by atoms with Crippen LogP contribution in [0.5, 0.6) is 11.5 Å². The summed E-state index contributed by atoms with van der Waals surface area (Å²) < 4.78 is 63.2. The summed E-state index contributed by atoms with van der Waals surface area (Å²) in [6, 6.07) is 13.7. The molecule has 3 N–H and O–H groups in total. The van der Waals surface area contributed by atoms with Gasteiger partial charge in [-0.25, -0.2) is 21.6 Å². The molecule has 57 heavy (non-hydrogen) atoms. The highest BCUT2D eigenvalue weighted by atomic mass is 32.2. The number of aliphatic hydroxyl groups is 1. The molecular formula is C40H58N4O11S2. The van der Waals surface area contributed by atoms with E-state index in [4.69, 9.17) is 24.8 Å². The van der Waals surface area contributed by atoms with E-state index in [1.165, 1.54) is 34.8 Å². The third kappa shape index (κ3) is 9.94. The smallest absolute Gasteiger partial charge is 0.333 e. The van der Waals surface area contributed by atoms with Crippen molar-refractivity contribution in [1.82, 2.24) is 18.4 Å². The normalized spacial score (nSPS) is 28.1. The fourth-order valence-electron chi connectivity index (χ4n) is 10.1. The van der Waals surface area contributed by atoms with E-state index in [0.29, 0.717) is 37.0 Å². The zero-order valence-corrected chi connectivity index (χ0v) is 35.0. The Hall–Kier alpha value is -3.32. The van der Waals surface area contributed by atoms with Gasteiger partial charge in [0.05, 0.1) is 33.2 Å². The summed E-state index contributed by atoms with van der Waals surface area (Å²) in [5.41, 5.74) is 5.44. The molecule has 17 heteroatoms. The van der Waals surface area contributed by atoms with E-state index < -0.39 is 44.5 Å². The van der Waals surface area contributed by atoms with Crippen molar-refractivity contribution in [2.24, 2.45) is 11.8 Å². The van der Waals surface area contributed by atoms with E-state index in [0.717, 1.165) is 89.0 Å². The van der Waals surface area contributed by atoms with Gasteiger partial charge in [-0.05, 0) is 110 Å². The number of aliphatic carboxylic acids is 2. The number of rotatable bonds is 7. The number of carboxylic acid groups (broad SMARTS) is 2. The molecule has 0 radical (unpaired) electrons. The van der Waals surface area contributed by atoms with E-state index >= 15 is 0 Å². The molecule has 0 spiro atoms. The van der Waals surface area contributed by atoms with Crippen LogP contribution in [0, 0.1) is 11.8 Å². The Kier molecular flexibility index (Phi) is 13.6. The van der Waals surface area contributed by atoms with Crippen molar-refractivity contribution in [2.45, 2.75) is 88.1 Å². The van der Waals surface area contributed by atoms with Crippen LogP contribution in [0.3, 0.4) is 0 Å². The summed E-state index contributed by atoms with van der Waals surface area (Å²) in [5, 5.41) is 24.1. The van der Waals surface area contributed by atoms with E-state index in [1.807, 2.05) is 12.1 Å². The standard InChI is InChI=1S/2C18H26N2O3S.C4H6O5/c2*1-23-15-5-6-16-13(10-15)7-9-19-12-14-4-3-8-20(24(2,21)22)17(14)11-18(16)19;5-2(4(8)9)1-3(6)7/h2*5-6,10,14,17-18H,3-4,7-9,11-12H2,1-2H3;2,5H,1H2,(H,6,7)(H,8,9)/t2*14-,17+,18+;/m11./s1. The SMILES string of the molecule is COc1ccc2c(c1)CCN1C[C@H]3CCCN(S(C)(=O)=O)[C@H]3C[C@@H]21.COc1ccc2c(c1)CCN1C[C@H]3CCCN(S(C)(=O)=O)[C@H]3C[C@@H]21.O=C(O)CC(O)C(=O)O. The molecule has 15 nitrogen and oxygen atoms in total. The van der Waals surface area contributed by atoms with Crippen molar-refractivity contribution >= 4 is 32.0 Å². The summed E-state index contributed by atoms with van der Waals surface area (Å²) in [6.45, 7) is 5.53. The maximum absolute atomic E-state index is 12.2. The van der Waals surface area contributed by atoms with E-state index in [1.54, 1.807) is 22.8 Å². The largest absolute Gasteiger partial charge is 0.497 e. The lowest BCUT2D eigenvalue weighted by molar-refractivity contribution is -0.152. The monoisotopic (exact) mass is 834 g/mol. The molecule has 316 valence electrons. The van der Waals surface area contributed by atoms with Gasteiger partial charge in [0, 0.05) is 63.4 Å². The highest BCUT2D eigenvalue weighted by molar-refractivity contribution is 7.88. The first kappa shape index (κ1) is 43.3. The number of hydrogen-bond donors (Lipinski definition) is 3. The topological polar surface area (TPSA) is 195 Å². The van der Waals surface area contributed by atoms with Gasteiger partial charge in [0.15, 0.2) is 6.10 Å². The molecule has 7 atom stereocenters. The number of piperidine rings is 4. The summed E-state index contributed by atoms with van der Waals surface area (Å²) in [7, 11) is -2.85. The number of ether oxygens (including phenoxy) is 2. The number of hydrogen-bond acceptors (Lipinski definition) is 11. The highest BCUT2D eigenvalue weighted by Gasteiger charge is 2.46. The fraction of sp³-hybridized carbons (Fsp3) is 0.650. The lowest BCUT2D eigenvalue weighted by Gasteiger charge is -2.51. The summed E-state index contributed by atoms with van der Waals surface area (Å²) in [4.78, 5) is 24.6. The van der Waals surface area contributed by atoms with Crippen molar-refractivity contribution in [1.29, 1.82) is 0 Å². The van der Waals surface area contributed by atoms with E-state index in [-0.39, 0.29) is 12.1 Å². The minimum atomic E-state index is -3.13. The number of carboxylic acids is 2. The maximum Gasteiger partial charge on any atom is 0.333 e. The van der Waals surface area contributed by atoms with E-state index in [2.05, 4.69) is 34.1 Å². The van der Waals surface area contributed by atoms with Crippen molar-refractivity contribution < 1.29 is 51.2 Å². The first-order chi connectivity index (χ1) is 27.0. The Bertz CT molecular complexity index is 1870. The van der Waals surface area contributed by atoms with Crippen molar-refractivity contribution in [3.63, 3.8) is 0 Å². The minimum Gasteiger partial charge on any atom is -0.497 e. The maximum atomic E-state index is 12.2. The molecule has 6 aliphatic rings. The zero-order chi connectivity index (χ0) is 41.2. The lowest BCUT2D eigenvalue weighted by atomic mass is 9.77. The summed E-state index contributed by atoms with van der Waals surface area (Å²) in [6.07, 6.45) is 8.38. The molecule has 1 unspecified atom stereocenters. The fourth-order valence-corrected chi connectivity index (χ4v) is 12.5. The number of carbonyl (C=O) groups is 2. The quantitative estimate of drug-likeness (QED) is 0.369. The van der Waals surface area contributed by atoms with Gasteiger partial charge in [0.1, 0.15) is 11.5 Å². The second-order valence-electron chi connectivity index (χ2n) is 16.3. The second kappa shape index (κ2) is 17.9. The first-order valence-electron chi connectivity index (χ1n) is 19.9. The molecule has 0 amide bonds. The highest BCUT2D eigenvalue weighted by Crippen LogP contribution is 2.45. The van der Waals surface area contributed by atoms with Crippen LogP contribution in [0.25, 0.3) is 0 Å². The Labute approximate surface area is 336 Å². The molecule has 2 aromatic carbocycles. The first-order valence-corrected chi connectivity index (χ1v) is 23.6. The van der Waals surface area contributed by atoms with Gasteiger partial charge in [-0.15, -0.1) is 0 Å². The lowest BCUT2D eigenvalue weighted by Crippen LogP contribution is -2.57. The van der Waals surface area contributed by atoms with Gasteiger partial charge in [-0.3, -0.25) is 14.6 Å². The molecule has 2 aromatic rings. The Morgan fingerprint density at radius 3 is 1.47 bits per heavy atom. The van der Waals surface area contributed by atoms with Crippen LogP contribution in [0.2, 0.25) is 0 Å². The molecular weight excluding hydrogens is 777 g/mol. The minimum absolute atomic E-state index is 0.156. The van der Waals surface area contributed by atoms with Gasteiger partial charge >= 0.3 is 11.9 Å². The van der Waals surface area contributed by atoms with Crippen LogP contribution < -0.4 is 9.47 Å². The number of sulfonamides is 2. The van der Waals surface area contributed by atoms with Crippen LogP contribution >= 0.6 is 0 Å². The third-order valence-corrected chi connectivity index (χ3v) is 15.4. The van der Waals surface area contributed by atoms with E-state index in [9.17, 15) is 26.4 Å². The average Bonchev–Trinajstić information content (AvgIpc) is 3.17. The third-order valence-electron chi connectivity index (χ3n) is 12.7. The molecule has 6 heterocycles. The van der Waals surface area contributed by atoms with Crippen molar-refractivity contribution in [3.8, 4) is 11.5 Å². The summed E-state index contributed by atoms with van der Waals surface area (Å²) in [5.74, 6) is -0.0750. The Morgan fingerprint density at radius 2 is 1.14 bits per heavy atom. The Balaban J connectivity index is 0.000000160.